The average molecular weight is 415 g/mol. The summed E-state index contributed by atoms with van der Waals surface area (Å²) in [6.07, 6.45) is 1.96. The molecule has 5 nitrogen and oxygen atoms in total. The summed E-state index contributed by atoms with van der Waals surface area (Å²) < 4.78 is 10.9. The van der Waals surface area contributed by atoms with Gasteiger partial charge in [0.05, 0.1) is 6.54 Å². The highest BCUT2D eigenvalue weighted by atomic mass is 16.5. The van der Waals surface area contributed by atoms with Crippen LogP contribution in [0.5, 0.6) is 5.75 Å². The summed E-state index contributed by atoms with van der Waals surface area (Å²) in [4.78, 5) is 16.2. The first-order chi connectivity index (χ1) is 15.2. The van der Waals surface area contributed by atoms with Crippen LogP contribution < -0.4 is 15.3 Å². The van der Waals surface area contributed by atoms with Crippen molar-refractivity contribution in [3.63, 3.8) is 0 Å². The Labute approximate surface area is 182 Å². The van der Waals surface area contributed by atoms with E-state index in [0.717, 1.165) is 43.7 Å². The number of nitrogens with zero attached hydrogens (tertiary/aromatic N) is 2. The number of piperazine rings is 1. The van der Waals surface area contributed by atoms with Gasteiger partial charge in [0.15, 0.2) is 0 Å². The Morgan fingerprint density at radius 1 is 1.06 bits per heavy atom. The normalized spacial score (nSPS) is 14.9. The third-order valence-corrected chi connectivity index (χ3v) is 5.32. The quantitative estimate of drug-likeness (QED) is 0.467. The molecule has 0 amide bonds. The fourth-order valence-corrected chi connectivity index (χ4v) is 3.54. The van der Waals surface area contributed by atoms with Crippen LogP contribution in [0.1, 0.15) is 6.92 Å². The van der Waals surface area contributed by atoms with Gasteiger partial charge in [-0.1, -0.05) is 30.0 Å². The molecule has 3 aromatic rings. The van der Waals surface area contributed by atoms with Gasteiger partial charge >= 0.3 is 5.63 Å². The minimum absolute atomic E-state index is 0.364. The van der Waals surface area contributed by atoms with E-state index in [4.69, 9.17) is 9.15 Å². The summed E-state index contributed by atoms with van der Waals surface area (Å²) in [5.74, 6) is 7.15. The number of benzene rings is 2. The molecule has 5 heteroatoms. The van der Waals surface area contributed by atoms with Gasteiger partial charge in [-0.05, 0) is 48.9 Å². The molecule has 0 radical (unpaired) electrons. The van der Waals surface area contributed by atoms with Crippen molar-refractivity contribution in [1.82, 2.24) is 4.90 Å². The summed E-state index contributed by atoms with van der Waals surface area (Å²) in [6, 6.07) is 19.2. The molecule has 0 unspecified atom stereocenters. The van der Waals surface area contributed by atoms with Crippen LogP contribution in [0.2, 0.25) is 0 Å². The van der Waals surface area contributed by atoms with Crippen molar-refractivity contribution < 1.29 is 9.15 Å². The molecule has 2 aromatic carbocycles. The molecule has 1 aliphatic rings. The summed E-state index contributed by atoms with van der Waals surface area (Å²) in [5.41, 5.74) is 2.44. The maximum Gasteiger partial charge on any atom is 0.336 e. The first kappa shape index (κ1) is 20.8. The number of rotatable bonds is 5. The van der Waals surface area contributed by atoms with Crippen LogP contribution in [0.3, 0.4) is 0 Å². The van der Waals surface area contributed by atoms with Crippen molar-refractivity contribution in [2.75, 3.05) is 44.2 Å². The molecule has 0 N–H and O–H groups in total. The second-order valence-electron chi connectivity index (χ2n) is 7.55. The van der Waals surface area contributed by atoms with E-state index < -0.39 is 0 Å². The van der Waals surface area contributed by atoms with Crippen LogP contribution >= 0.6 is 0 Å². The van der Waals surface area contributed by atoms with Gasteiger partial charge in [0.25, 0.3) is 0 Å². The van der Waals surface area contributed by atoms with Crippen LogP contribution in [0.4, 0.5) is 5.69 Å². The van der Waals surface area contributed by atoms with E-state index in [-0.39, 0.29) is 5.63 Å². The molecule has 31 heavy (non-hydrogen) atoms. The number of ether oxygens (including phenoxy) is 1. The fraction of sp³-hybridized carbons (Fsp3) is 0.269. The molecule has 0 aliphatic carbocycles. The van der Waals surface area contributed by atoms with E-state index >= 15 is 0 Å². The summed E-state index contributed by atoms with van der Waals surface area (Å²) in [7, 11) is 0. The average Bonchev–Trinajstić information content (AvgIpc) is 2.80. The summed E-state index contributed by atoms with van der Waals surface area (Å²) in [6.45, 7) is 7.28. The second-order valence-corrected chi connectivity index (χ2v) is 7.55. The molecule has 4 rings (SSSR count). The van der Waals surface area contributed by atoms with Crippen LogP contribution in [0.25, 0.3) is 11.0 Å². The highest BCUT2D eigenvalue weighted by Gasteiger charge is 2.15. The maximum atomic E-state index is 11.4. The van der Waals surface area contributed by atoms with E-state index in [0.29, 0.717) is 17.9 Å². The van der Waals surface area contributed by atoms with Crippen LogP contribution in [0, 0.1) is 11.8 Å². The van der Waals surface area contributed by atoms with Crippen molar-refractivity contribution in [2.24, 2.45) is 0 Å². The van der Waals surface area contributed by atoms with Crippen molar-refractivity contribution in [2.45, 2.75) is 6.92 Å². The predicted molar refractivity (Wildman–Crippen MR) is 125 cm³/mol. The predicted octanol–water partition coefficient (Wildman–Crippen LogP) is 3.94. The minimum Gasteiger partial charge on any atom is -0.489 e. The number of fused-ring (bicyclic) bond motifs is 1. The molecule has 0 saturated carbocycles. The smallest absolute Gasteiger partial charge is 0.336 e. The first-order valence-corrected chi connectivity index (χ1v) is 10.5. The molecular weight excluding hydrogens is 388 g/mol. The molecule has 1 saturated heterocycles. The lowest BCUT2D eigenvalue weighted by Crippen LogP contribution is -2.46. The minimum atomic E-state index is -0.364. The third-order valence-electron chi connectivity index (χ3n) is 5.32. The highest BCUT2D eigenvalue weighted by Crippen LogP contribution is 2.19. The zero-order valence-corrected chi connectivity index (χ0v) is 17.7. The molecule has 1 aliphatic heterocycles. The Hall–Kier alpha value is -3.49. The molecule has 158 valence electrons. The summed E-state index contributed by atoms with van der Waals surface area (Å²) >= 11 is 0. The lowest BCUT2D eigenvalue weighted by molar-refractivity contribution is 0.288. The van der Waals surface area contributed by atoms with Gasteiger partial charge in [0.2, 0.25) is 0 Å². The lowest BCUT2D eigenvalue weighted by Gasteiger charge is -2.35. The van der Waals surface area contributed by atoms with E-state index in [2.05, 4.69) is 52.0 Å². The van der Waals surface area contributed by atoms with Crippen molar-refractivity contribution >= 4 is 16.7 Å². The third kappa shape index (κ3) is 5.78. The molecule has 0 bridgehead atoms. The zero-order chi connectivity index (χ0) is 21.5. The number of allylic oxidation sites excluding steroid dienone is 1. The van der Waals surface area contributed by atoms with Gasteiger partial charge in [-0.15, -0.1) is 0 Å². The van der Waals surface area contributed by atoms with Crippen LogP contribution in [0.15, 0.2) is 81.5 Å². The van der Waals surface area contributed by atoms with E-state index in [1.165, 1.54) is 11.8 Å². The number of anilines is 1. The highest BCUT2D eigenvalue weighted by molar-refractivity contribution is 5.77. The lowest BCUT2D eigenvalue weighted by atomic mass is 10.2. The Bertz CT molecular complexity index is 1160. The van der Waals surface area contributed by atoms with Crippen molar-refractivity contribution in [3.8, 4) is 17.6 Å². The molecule has 0 spiro atoms. The Kier molecular flexibility index (Phi) is 6.71. The zero-order valence-electron chi connectivity index (χ0n) is 17.7. The van der Waals surface area contributed by atoms with E-state index in [1.54, 1.807) is 12.1 Å². The van der Waals surface area contributed by atoms with Gasteiger partial charge in [0, 0.05) is 49.4 Å². The molecule has 1 fully saturated rings. The molecule has 1 aromatic heterocycles. The number of hydrogen-bond donors (Lipinski definition) is 0. The van der Waals surface area contributed by atoms with Gasteiger partial charge in [-0.2, -0.15) is 0 Å². The van der Waals surface area contributed by atoms with E-state index in [1.807, 2.05) is 25.1 Å². The molecule has 2 heterocycles. The van der Waals surface area contributed by atoms with Gasteiger partial charge in [0.1, 0.15) is 17.9 Å². The van der Waals surface area contributed by atoms with Gasteiger partial charge in [-0.25, -0.2) is 4.79 Å². The standard InChI is InChI=1S/C26H26N2O3/c1-21(13-19-30-24-11-9-22-10-12-26(29)31-25(22)20-24)6-5-14-27-15-17-28(18-16-27)23-7-3-2-4-8-23/h2-4,7-13,20H,14-19H2,1H3/b21-13+. The molecule has 0 atom stereocenters. The Balaban J connectivity index is 1.23. The number of para-hydroxylation sites is 1. The number of hydrogen-bond acceptors (Lipinski definition) is 5. The Morgan fingerprint density at radius 3 is 2.65 bits per heavy atom. The molecular formula is C26H26N2O3. The van der Waals surface area contributed by atoms with Crippen molar-refractivity contribution in [1.29, 1.82) is 0 Å². The summed E-state index contributed by atoms with van der Waals surface area (Å²) in [5, 5.41) is 0.870. The first-order valence-electron chi connectivity index (χ1n) is 10.5. The largest absolute Gasteiger partial charge is 0.489 e. The van der Waals surface area contributed by atoms with Crippen LogP contribution in [-0.4, -0.2) is 44.2 Å². The van der Waals surface area contributed by atoms with Gasteiger partial charge < -0.3 is 14.1 Å². The Morgan fingerprint density at radius 2 is 1.84 bits per heavy atom. The monoisotopic (exact) mass is 414 g/mol. The second kappa shape index (κ2) is 10.0. The topological polar surface area (TPSA) is 45.9 Å². The van der Waals surface area contributed by atoms with Crippen molar-refractivity contribution in [3.05, 3.63) is 82.7 Å². The fourth-order valence-electron chi connectivity index (χ4n) is 3.54. The SMILES string of the molecule is C/C(C#CCN1CCN(c2ccccc2)CC1)=C\COc1ccc2ccc(=O)oc2c1. The maximum absolute atomic E-state index is 11.4. The van der Waals surface area contributed by atoms with Gasteiger partial charge in [-0.3, -0.25) is 4.90 Å². The van der Waals surface area contributed by atoms with Crippen LogP contribution in [-0.2, 0) is 0 Å². The van der Waals surface area contributed by atoms with E-state index in [9.17, 15) is 4.79 Å².